The number of carbonyl (C=O) groups is 1. The van der Waals surface area contributed by atoms with E-state index in [1.807, 2.05) is 0 Å². The summed E-state index contributed by atoms with van der Waals surface area (Å²) in [4.78, 5) is 12.1. The molecule has 1 saturated heterocycles. The first kappa shape index (κ1) is 13.1. The summed E-state index contributed by atoms with van der Waals surface area (Å²) in [5.41, 5.74) is 1.04. The van der Waals surface area contributed by atoms with Gasteiger partial charge < -0.3 is 10.6 Å². The predicted octanol–water partition coefficient (Wildman–Crippen LogP) is 2.11. The Morgan fingerprint density at radius 1 is 1.56 bits per heavy atom. The van der Waals surface area contributed by atoms with Gasteiger partial charge in [-0.2, -0.15) is 5.26 Å². The van der Waals surface area contributed by atoms with Gasteiger partial charge in [-0.15, -0.1) is 0 Å². The molecule has 2 N–H and O–H groups in total. The highest BCUT2D eigenvalue weighted by atomic mass is 79.9. The molecule has 4 nitrogen and oxygen atoms in total. The van der Waals surface area contributed by atoms with Gasteiger partial charge in [0.2, 0.25) is 5.91 Å². The number of nitriles is 1. The van der Waals surface area contributed by atoms with Crippen LogP contribution in [0.5, 0.6) is 0 Å². The van der Waals surface area contributed by atoms with Crippen LogP contribution in [0, 0.1) is 23.2 Å². The van der Waals surface area contributed by atoms with E-state index in [0.29, 0.717) is 23.7 Å². The highest BCUT2D eigenvalue weighted by Gasteiger charge is 2.29. The van der Waals surface area contributed by atoms with E-state index in [-0.39, 0.29) is 11.8 Å². The lowest BCUT2D eigenvalue weighted by Gasteiger charge is -2.15. The normalized spacial score (nSPS) is 22.5. The monoisotopic (exact) mass is 307 g/mol. The number of nitrogens with one attached hydrogen (secondary N) is 2. The van der Waals surface area contributed by atoms with E-state index in [1.165, 1.54) is 0 Å². The van der Waals surface area contributed by atoms with Crippen molar-refractivity contribution in [3.63, 3.8) is 0 Å². The minimum absolute atomic E-state index is 0.0258. The van der Waals surface area contributed by atoms with Gasteiger partial charge in [0, 0.05) is 11.0 Å². The van der Waals surface area contributed by atoms with Crippen LogP contribution in [-0.4, -0.2) is 19.0 Å². The molecule has 1 aromatic carbocycles. The summed E-state index contributed by atoms with van der Waals surface area (Å²) >= 11 is 3.34. The second kappa shape index (κ2) is 5.51. The number of hydrogen-bond acceptors (Lipinski definition) is 3. The van der Waals surface area contributed by atoms with E-state index >= 15 is 0 Å². The lowest BCUT2D eigenvalue weighted by molar-refractivity contribution is -0.120. The van der Waals surface area contributed by atoms with E-state index in [9.17, 15) is 4.79 Å². The summed E-state index contributed by atoms with van der Waals surface area (Å²) in [6.07, 6.45) is 0. The summed E-state index contributed by atoms with van der Waals surface area (Å²) in [5, 5.41) is 15.0. The van der Waals surface area contributed by atoms with Crippen LogP contribution in [-0.2, 0) is 4.79 Å². The minimum Gasteiger partial charge on any atom is -0.325 e. The molecular formula is C13H14BrN3O. The van der Waals surface area contributed by atoms with Gasteiger partial charge in [-0.25, -0.2) is 0 Å². The number of halogens is 1. The Kier molecular flexibility index (Phi) is 4.00. The molecule has 1 aromatic rings. The largest absolute Gasteiger partial charge is 0.325 e. The molecule has 0 aromatic heterocycles. The Balaban J connectivity index is 2.16. The summed E-state index contributed by atoms with van der Waals surface area (Å²) in [5.74, 6) is 0.264. The molecule has 1 aliphatic rings. The first-order valence-corrected chi connectivity index (χ1v) is 6.62. The van der Waals surface area contributed by atoms with E-state index < -0.39 is 0 Å². The smallest absolute Gasteiger partial charge is 0.229 e. The SMILES string of the molecule is C[C@@H]1CNC[C@H]1C(=O)Nc1cc(Br)ccc1C#N. The Labute approximate surface area is 115 Å². The maximum atomic E-state index is 12.1. The van der Waals surface area contributed by atoms with E-state index in [1.54, 1.807) is 18.2 Å². The van der Waals surface area contributed by atoms with Crippen LogP contribution in [0.15, 0.2) is 22.7 Å². The van der Waals surface area contributed by atoms with Gasteiger partial charge in [0.05, 0.1) is 17.2 Å². The number of rotatable bonds is 2. The van der Waals surface area contributed by atoms with Crippen molar-refractivity contribution in [2.24, 2.45) is 11.8 Å². The number of amides is 1. The van der Waals surface area contributed by atoms with Crippen molar-refractivity contribution >= 4 is 27.5 Å². The maximum absolute atomic E-state index is 12.1. The van der Waals surface area contributed by atoms with Crippen LogP contribution in [0.3, 0.4) is 0 Å². The molecule has 0 aliphatic carbocycles. The maximum Gasteiger partial charge on any atom is 0.229 e. The third-order valence-corrected chi connectivity index (χ3v) is 3.71. The Morgan fingerprint density at radius 3 is 2.94 bits per heavy atom. The van der Waals surface area contributed by atoms with Crippen LogP contribution < -0.4 is 10.6 Å². The zero-order chi connectivity index (χ0) is 13.1. The molecule has 0 radical (unpaired) electrons. The van der Waals surface area contributed by atoms with Gasteiger partial charge in [0.15, 0.2) is 0 Å². The molecule has 0 unspecified atom stereocenters. The first-order valence-electron chi connectivity index (χ1n) is 5.83. The Hall–Kier alpha value is -1.38. The molecule has 2 rings (SSSR count). The average molecular weight is 308 g/mol. The lowest BCUT2D eigenvalue weighted by atomic mass is 9.97. The van der Waals surface area contributed by atoms with Crippen molar-refractivity contribution in [2.75, 3.05) is 18.4 Å². The van der Waals surface area contributed by atoms with Gasteiger partial charge in [-0.05, 0) is 30.7 Å². The quantitative estimate of drug-likeness (QED) is 0.879. The summed E-state index contributed by atoms with van der Waals surface area (Å²) in [7, 11) is 0. The Bertz CT molecular complexity index is 509. The molecule has 1 aliphatic heterocycles. The van der Waals surface area contributed by atoms with Crippen LogP contribution >= 0.6 is 15.9 Å². The van der Waals surface area contributed by atoms with Gasteiger partial charge in [0.1, 0.15) is 6.07 Å². The molecule has 1 fully saturated rings. The summed E-state index contributed by atoms with van der Waals surface area (Å²) < 4.78 is 0.842. The van der Waals surface area contributed by atoms with Crippen molar-refractivity contribution in [3.05, 3.63) is 28.2 Å². The highest BCUT2D eigenvalue weighted by Crippen LogP contribution is 2.23. The fourth-order valence-corrected chi connectivity index (χ4v) is 2.46. The van der Waals surface area contributed by atoms with Crippen molar-refractivity contribution in [3.8, 4) is 6.07 Å². The molecule has 1 heterocycles. The van der Waals surface area contributed by atoms with Gasteiger partial charge in [-0.3, -0.25) is 4.79 Å². The van der Waals surface area contributed by atoms with E-state index in [0.717, 1.165) is 11.0 Å². The van der Waals surface area contributed by atoms with Crippen LogP contribution in [0.1, 0.15) is 12.5 Å². The van der Waals surface area contributed by atoms with Gasteiger partial charge in [0.25, 0.3) is 0 Å². The van der Waals surface area contributed by atoms with Crippen molar-refractivity contribution < 1.29 is 4.79 Å². The van der Waals surface area contributed by atoms with Crippen LogP contribution in [0.2, 0.25) is 0 Å². The third kappa shape index (κ3) is 2.71. The van der Waals surface area contributed by atoms with Crippen molar-refractivity contribution in [2.45, 2.75) is 6.92 Å². The molecule has 0 spiro atoms. The summed E-state index contributed by atoms with van der Waals surface area (Å²) in [6.45, 7) is 3.61. The standard InChI is InChI=1S/C13H14BrN3O/c1-8-6-16-7-11(8)13(18)17-12-4-10(14)3-2-9(12)5-15/h2-4,8,11,16H,6-7H2,1H3,(H,17,18)/t8-,11-/m1/s1. The first-order chi connectivity index (χ1) is 8.61. The fourth-order valence-electron chi connectivity index (χ4n) is 2.10. The van der Waals surface area contributed by atoms with Crippen LogP contribution in [0.4, 0.5) is 5.69 Å². The minimum atomic E-state index is -0.0319. The molecule has 0 bridgehead atoms. The summed E-state index contributed by atoms with van der Waals surface area (Å²) in [6, 6.07) is 7.31. The molecule has 5 heteroatoms. The van der Waals surface area contributed by atoms with Crippen molar-refractivity contribution in [1.82, 2.24) is 5.32 Å². The number of hydrogen-bond donors (Lipinski definition) is 2. The molecule has 1 amide bonds. The van der Waals surface area contributed by atoms with Gasteiger partial charge in [-0.1, -0.05) is 22.9 Å². The predicted molar refractivity (Wildman–Crippen MR) is 73.0 cm³/mol. The highest BCUT2D eigenvalue weighted by molar-refractivity contribution is 9.10. The number of carbonyl (C=O) groups excluding carboxylic acids is 1. The molecule has 2 atom stereocenters. The third-order valence-electron chi connectivity index (χ3n) is 3.21. The number of anilines is 1. The lowest BCUT2D eigenvalue weighted by Crippen LogP contribution is -2.28. The molecule has 18 heavy (non-hydrogen) atoms. The molecular weight excluding hydrogens is 294 g/mol. The van der Waals surface area contributed by atoms with E-state index in [4.69, 9.17) is 5.26 Å². The van der Waals surface area contributed by atoms with Gasteiger partial charge >= 0.3 is 0 Å². The fraction of sp³-hybridized carbons (Fsp3) is 0.385. The molecule has 0 saturated carbocycles. The zero-order valence-corrected chi connectivity index (χ0v) is 11.6. The second-order valence-corrected chi connectivity index (χ2v) is 5.45. The zero-order valence-electron chi connectivity index (χ0n) is 10.0. The van der Waals surface area contributed by atoms with Crippen molar-refractivity contribution in [1.29, 1.82) is 5.26 Å². The second-order valence-electron chi connectivity index (χ2n) is 4.53. The van der Waals surface area contributed by atoms with Crippen LogP contribution in [0.25, 0.3) is 0 Å². The average Bonchev–Trinajstić information content (AvgIpc) is 2.76. The number of nitrogens with zero attached hydrogens (tertiary/aromatic N) is 1. The topological polar surface area (TPSA) is 64.9 Å². The molecule has 94 valence electrons. The van der Waals surface area contributed by atoms with E-state index in [2.05, 4.69) is 39.6 Å². The number of benzene rings is 1. The Morgan fingerprint density at radius 2 is 2.33 bits per heavy atom.